The monoisotopic (exact) mass is 359 g/mol. The first kappa shape index (κ1) is 17.9. The van der Waals surface area contributed by atoms with Crippen molar-refractivity contribution in [3.05, 3.63) is 29.3 Å². The van der Waals surface area contributed by atoms with E-state index in [4.69, 9.17) is 0 Å². The number of piperidine rings is 1. The SMILES string of the molecule is Cc1ccc(-n2nnnc2SCC(=O)N2C(C)CCCC2C)c(C)c1. The smallest absolute Gasteiger partial charge is 0.233 e. The van der Waals surface area contributed by atoms with Crippen LogP contribution in [-0.4, -0.2) is 48.9 Å². The highest BCUT2D eigenvalue weighted by molar-refractivity contribution is 7.99. The van der Waals surface area contributed by atoms with Gasteiger partial charge in [-0.25, -0.2) is 0 Å². The highest BCUT2D eigenvalue weighted by Gasteiger charge is 2.29. The number of nitrogens with zero attached hydrogens (tertiary/aromatic N) is 5. The van der Waals surface area contributed by atoms with Crippen LogP contribution in [0.1, 0.15) is 44.2 Å². The quantitative estimate of drug-likeness (QED) is 0.785. The Morgan fingerprint density at radius 3 is 2.64 bits per heavy atom. The van der Waals surface area contributed by atoms with Crippen LogP contribution in [0.4, 0.5) is 0 Å². The van der Waals surface area contributed by atoms with Crippen LogP contribution in [0.15, 0.2) is 23.4 Å². The molecule has 1 saturated heterocycles. The van der Waals surface area contributed by atoms with Gasteiger partial charge < -0.3 is 4.90 Å². The van der Waals surface area contributed by atoms with Gasteiger partial charge in [-0.15, -0.1) is 5.10 Å². The molecule has 0 aliphatic carbocycles. The zero-order chi connectivity index (χ0) is 18.0. The molecule has 2 unspecified atom stereocenters. The summed E-state index contributed by atoms with van der Waals surface area (Å²) in [6, 6.07) is 6.79. The molecule has 0 radical (unpaired) electrons. The summed E-state index contributed by atoms with van der Waals surface area (Å²) in [5.41, 5.74) is 3.26. The van der Waals surface area contributed by atoms with E-state index in [1.165, 1.54) is 23.7 Å². The number of tetrazole rings is 1. The van der Waals surface area contributed by atoms with E-state index in [0.717, 1.165) is 24.1 Å². The number of likely N-dealkylation sites (tertiary alicyclic amines) is 1. The second-order valence-corrected chi connectivity index (χ2v) is 7.82. The van der Waals surface area contributed by atoms with E-state index in [1.807, 2.05) is 24.0 Å². The van der Waals surface area contributed by atoms with Crippen LogP contribution in [0.5, 0.6) is 0 Å². The molecule has 3 rings (SSSR count). The van der Waals surface area contributed by atoms with Gasteiger partial charge in [0.2, 0.25) is 11.1 Å². The lowest BCUT2D eigenvalue weighted by Gasteiger charge is -2.39. The maximum Gasteiger partial charge on any atom is 0.233 e. The van der Waals surface area contributed by atoms with Crippen LogP contribution in [0.25, 0.3) is 5.69 Å². The molecule has 1 aliphatic rings. The van der Waals surface area contributed by atoms with Crippen molar-refractivity contribution in [2.75, 3.05) is 5.75 Å². The van der Waals surface area contributed by atoms with Crippen molar-refractivity contribution in [2.45, 2.75) is 64.2 Å². The summed E-state index contributed by atoms with van der Waals surface area (Å²) in [6.45, 7) is 8.38. The van der Waals surface area contributed by atoms with Gasteiger partial charge >= 0.3 is 0 Å². The summed E-state index contributed by atoms with van der Waals surface area (Å²) in [7, 11) is 0. The molecule has 7 heteroatoms. The molecule has 0 spiro atoms. The van der Waals surface area contributed by atoms with Crippen LogP contribution in [0, 0.1) is 13.8 Å². The second kappa shape index (κ2) is 7.56. The number of aryl methyl sites for hydroxylation is 2. The molecule has 1 fully saturated rings. The number of thioether (sulfide) groups is 1. The fraction of sp³-hybridized carbons (Fsp3) is 0.556. The van der Waals surface area contributed by atoms with E-state index in [9.17, 15) is 4.79 Å². The number of rotatable bonds is 4. The Morgan fingerprint density at radius 1 is 1.24 bits per heavy atom. The van der Waals surface area contributed by atoms with E-state index in [-0.39, 0.29) is 5.91 Å². The lowest BCUT2D eigenvalue weighted by molar-refractivity contribution is -0.134. The fourth-order valence-electron chi connectivity index (χ4n) is 3.58. The number of aromatic nitrogens is 4. The Bertz CT molecular complexity index is 750. The summed E-state index contributed by atoms with van der Waals surface area (Å²) in [4.78, 5) is 14.7. The molecule has 1 aliphatic heterocycles. The molecule has 134 valence electrons. The minimum Gasteiger partial charge on any atom is -0.337 e. The number of amides is 1. The predicted molar refractivity (Wildman–Crippen MR) is 99.0 cm³/mol. The minimum absolute atomic E-state index is 0.167. The normalized spacial score (nSPS) is 20.7. The summed E-state index contributed by atoms with van der Waals surface area (Å²) >= 11 is 1.40. The van der Waals surface area contributed by atoms with Gasteiger partial charge in [-0.3, -0.25) is 4.79 Å². The van der Waals surface area contributed by atoms with Crippen molar-refractivity contribution in [1.82, 2.24) is 25.1 Å². The third-order valence-corrected chi connectivity index (χ3v) is 5.73. The Hall–Kier alpha value is -1.89. The molecule has 2 heterocycles. The lowest BCUT2D eigenvalue weighted by atomic mass is 9.98. The zero-order valence-electron chi connectivity index (χ0n) is 15.3. The van der Waals surface area contributed by atoms with Gasteiger partial charge in [-0.2, -0.15) is 4.68 Å². The molecule has 2 aromatic rings. The molecule has 1 amide bonds. The largest absolute Gasteiger partial charge is 0.337 e. The van der Waals surface area contributed by atoms with E-state index in [0.29, 0.717) is 23.0 Å². The van der Waals surface area contributed by atoms with Gasteiger partial charge in [0.25, 0.3) is 0 Å². The van der Waals surface area contributed by atoms with Crippen molar-refractivity contribution in [1.29, 1.82) is 0 Å². The van der Waals surface area contributed by atoms with Gasteiger partial charge in [-0.1, -0.05) is 29.5 Å². The Morgan fingerprint density at radius 2 is 1.96 bits per heavy atom. The molecule has 2 atom stereocenters. The average Bonchev–Trinajstić information content (AvgIpc) is 3.01. The van der Waals surface area contributed by atoms with Gasteiger partial charge in [0.15, 0.2) is 0 Å². The number of hydrogen-bond donors (Lipinski definition) is 0. The van der Waals surface area contributed by atoms with Gasteiger partial charge in [0, 0.05) is 12.1 Å². The summed E-state index contributed by atoms with van der Waals surface area (Å²) < 4.78 is 1.72. The van der Waals surface area contributed by atoms with Crippen LogP contribution in [-0.2, 0) is 4.79 Å². The van der Waals surface area contributed by atoms with Crippen LogP contribution >= 0.6 is 11.8 Å². The number of benzene rings is 1. The maximum absolute atomic E-state index is 12.7. The third-order valence-electron chi connectivity index (χ3n) is 4.83. The van der Waals surface area contributed by atoms with E-state index >= 15 is 0 Å². The summed E-state index contributed by atoms with van der Waals surface area (Å²) in [5, 5.41) is 12.7. The third kappa shape index (κ3) is 3.86. The first-order valence-corrected chi connectivity index (χ1v) is 9.76. The van der Waals surface area contributed by atoms with Crippen molar-refractivity contribution < 1.29 is 4.79 Å². The van der Waals surface area contributed by atoms with Gasteiger partial charge in [0.05, 0.1) is 11.4 Å². The second-order valence-electron chi connectivity index (χ2n) is 6.88. The lowest BCUT2D eigenvalue weighted by Crippen LogP contribution is -2.48. The fourth-order valence-corrected chi connectivity index (χ4v) is 4.33. The molecular formula is C18H25N5OS. The Kier molecular flexibility index (Phi) is 5.42. The maximum atomic E-state index is 12.7. The first-order valence-electron chi connectivity index (χ1n) is 8.77. The summed E-state index contributed by atoms with van der Waals surface area (Å²) in [6.07, 6.45) is 3.37. The minimum atomic E-state index is 0.167. The number of carbonyl (C=O) groups is 1. The standard InChI is InChI=1S/C18H25N5OS/c1-12-8-9-16(13(2)10-12)23-18(19-20-21-23)25-11-17(24)22-14(3)6-5-7-15(22)4/h8-10,14-15H,5-7,11H2,1-4H3. The van der Waals surface area contributed by atoms with E-state index < -0.39 is 0 Å². The van der Waals surface area contributed by atoms with Crippen molar-refractivity contribution >= 4 is 17.7 Å². The summed E-state index contributed by atoms with van der Waals surface area (Å²) in [5.74, 6) is 0.528. The van der Waals surface area contributed by atoms with Crippen LogP contribution in [0.2, 0.25) is 0 Å². The van der Waals surface area contributed by atoms with Gasteiger partial charge in [-0.05, 0) is 69.0 Å². The van der Waals surface area contributed by atoms with Crippen molar-refractivity contribution in [3.8, 4) is 5.69 Å². The average molecular weight is 359 g/mol. The van der Waals surface area contributed by atoms with Crippen LogP contribution in [0.3, 0.4) is 0 Å². The molecule has 6 nitrogen and oxygen atoms in total. The zero-order valence-corrected chi connectivity index (χ0v) is 16.1. The predicted octanol–water partition coefficient (Wildman–Crippen LogP) is 3.16. The van der Waals surface area contributed by atoms with Crippen molar-refractivity contribution in [2.24, 2.45) is 0 Å². The van der Waals surface area contributed by atoms with Gasteiger partial charge in [0.1, 0.15) is 0 Å². The molecule has 1 aromatic heterocycles. The highest BCUT2D eigenvalue weighted by atomic mass is 32.2. The first-order chi connectivity index (χ1) is 12.0. The number of hydrogen-bond acceptors (Lipinski definition) is 5. The molecular weight excluding hydrogens is 334 g/mol. The van der Waals surface area contributed by atoms with E-state index in [1.54, 1.807) is 4.68 Å². The molecule has 0 N–H and O–H groups in total. The van der Waals surface area contributed by atoms with E-state index in [2.05, 4.69) is 42.4 Å². The topological polar surface area (TPSA) is 63.9 Å². The van der Waals surface area contributed by atoms with Crippen LogP contribution < -0.4 is 0 Å². The molecule has 25 heavy (non-hydrogen) atoms. The highest BCUT2D eigenvalue weighted by Crippen LogP contribution is 2.26. The molecule has 0 saturated carbocycles. The Labute approximate surface area is 153 Å². The molecule has 1 aromatic carbocycles. The molecule has 0 bridgehead atoms. The van der Waals surface area contributed by atoms with Crippen molar-refractivity contribution in [3.63, 3.8) is 0 Å². The Balaban J connectivity index is 1.72. The number of carbonyl (C=O) groups excluding carboxylic acids is 1.